The number of benzene rings is 2. The fraction of sp³-hybridized carbons (Fsp3) is 0.182. The molecule has 30 heavy (non-hydrogen) atoms. The lowest BCUT2D eigenvalue weighted by atomic mass is 10.1. The van der Waals surface area contributed by atoms with E-state index in [4.69, 9.17) is 0 Å². The number of pyridine rings is 1. The van der Waals surface area contributed by atoms with Crippen LogP contribution in [-0.4, -0.2) is 32.2 Å². The molecule has 2 heterocycles. The molecule has 0 atom stereocenters. The second kappa shape index (κ2) is 8.16. The number of carbonyl (C=O) groups excluding carboxylic acids is 2. The molecule has 0 aliphatic heterocycles. The first kappa shape index (κ1) is 19.9. The summed E-state index contributed by atoms with van der Waals surface area (Å²) >= 11 is 1.27. The van der Waals surface area contributed by atoms with Crippen molar-refractivity contribution in [1.29, 1.82) is 0 Å². The maximum absolute atomic E-state index is 12.2. The summed E-state index contributed by atoms with van der Waals surface area (Å²) in [5.41, 5.74) is 10.4. The third-order valence-electron chi connectivity index (χ3n) is 4.74. The Balaban J connectivity index is 1.46. The molecular weight excluding hydrogens is 398 g/mol. The summed E-state index contributed by atoms with van der Waals surface area (Å²) in [4.78, 5) is 24.4. The van der Waals surface area contributed by atoms with Crippen molar-refractivity contribution in [3.63, 3.8) is 0 Å². The summed E-state index contributed by atoms with van der Waals surface area (Å²) in [6, 6.07) is 15.4. The molecule has 0 aliphatic carbocycles. The topological polar surface area (TPSA) is 88.4 Å². The maximum atomic E-state index is 12.2. The smallest absolute Gasteiger partial charge is 0.269 e. The molecule has 4 aromatic rings. The standard InChI is InChI=1S/C22H21N5O2S/c1-13-4-7-16(8-5-13)21(29)25-23-19(28)12-30-22-26-24-20-15(3)11-17-10-14(2)6-9-18(17)27(20)22/h4-11H,12H2,1-3H3,(H,23,28)(H,25,29). The monoisotopic (exact) mass is 419 g/mol. The number of carbonyl (C=O) groups is 2. The first-order valence-corrected chi connectivity index (χ1v) is 10.4. The molecule has 2 aromatic carbocycles. The van der Waals surface area contributed by atoms with Crippen LogP contribution in [-0.2, 0) is 4.79 Å². The third-order valence-corrected chi connectivity index (χ3v) is 5.67. The van der Waals surface area contributed by atoms with E-state index in [2.05, 4.69) is 40.1 Å². The minimum absolute atomic E-state index is 0.0935. The highest BCUT2D eigenvalue weighted by Gasteiger charge is 2.14. The average molecular weight is 420 g/mol. The largest absolute Gasteiger partial charge is 0.272 e. The van der Waals surface area contributed by atoms with Crippen molar-refractivity contribution in [3.05, 3.63) is 70.8 Å². The van der Waals surface area contributed by atoms with Gasteiger partial charge >= 0.3 is 0 Å². The highest BCUT2D eigenvalue weighted by Crippen LogP contribution is 2.26. The Labute approximate surface area is 177 Å². The van der Waals surface area contributed by atoms with Crippen molar-refractivity contribution < 1.29 is 9.59 Å². The van der Waals surface area contributed by atoms with E-state index in [1.807, 2.05) is 42.5 Å². The van der Waals surface area contributed by atoms with Crippen molar-refractivity contribution in [2.24, 2.45) is 0 Å². The van der Waals surface area contributed by atoms with Crippen LogP contribution in [0.15, 0.2) is 53.7 Å². The molecule has 152 valence electrons. The molecule has 0 unspecified atom stereocenters. The number of aryl methyl sites for hydroxylation is 3. The Hall–Kier alpha value is -3.39. The van der Waals surface area contributed by atoms with Crippen LogP contribution in [0.5, 0.6) is 0 Å². The van der Waals surface area contributed by atoms with Gasteiger partial charge in [0.05, 0.1) is 11.3 Å². The van der Waals surface area contributed by atoms with E-state index in [0.717, 1.165) is 27.7 Å². The van der Waals surface area contributed by atoms with Crippen molar-refractivity contribution >= 4 is 40.1 Å². The second-order valence-corrected chi connectivity index (χ2v) is 8.13. The zero-order valence-corrected chi connectivity index (χ0v) is 17.7. The van der Waals surface area contributed by atoms with Gasteiger partial charge in [-0.3, -0.25) is 24.8 Å². The van der Waals surface area contributed by atoms with Gasteiger partial charge in [-0.1, -0.05) is 41.1 Å². The van der Waals surface area contributed by atoms with Gasteiger partial charge in [-0.2, -0.15) is 0 Å². The highest BCUT2D eigenvalue weighted by atomic mass is 32.2. The fourth-order valence-corrected chi connectivity index (χ4v) is 3.94. The van der Waals surface area contributed by atoms with E-state index in [1.54, 1.807) is 12.1 Å². The van der Waals surface area contributed by atoms with Gasteiger partial charge in [-0.25, -0.2) is 0 Å². The number of hydrogen-bond acceptors (Lipinski definition) is 5. The summed E-state index contributed by atoms with van der Waals surface area (Å²) < 4.78 is 1.97. The molecule has 2 N–H and O–H groups in total. The molecule has 0 fully saturated rings. The van der Waals surface area contributed by atoms with Gasteiger partial charge in [0.1, 0.15) is 0 Å². The lowest BCUT2D eigenvalue weighted by Crippen LogP contribution is -2.42. The molecule has 0 bridgehead atoms. The number of nitrogens with zero attached hydrogens (tertiary/aromatic N) is 3. The van der Waals surface area contributed by atoms with Gasteiger partial charge in [0.2, 0.25) is 5.91 Å². The predicted octanol–water partition coefficient (Wildman–Crippen LogP) is 3.36. The van der Waals surface area contributed by atoms with E-state index in [-0.39, 0.29) is 17.6 Å². The normalized spacial score (nSPS) is 11.0. The van der Waals surface area contributed by atoms with Crippen molar-refractivity contribution in [2.75, 3.05) is 5.75 Å². The van der Waals surface area contributed by atoms with Crippen LogP contribution in [0.4, 0.5) is 0 Å². The number of hydrogen-bond donors (Lipinski definition) is 2. The zero-order valence-electron chi connectivity index (χ0n) is 16.9. The van der Waals surface area contributed by atoms with Crippen LogP contribution >= 0.6 is 11.8 Å². The molecule has 2 amide bonds. The van der Waals surface area contributed by atoms with Crippen LogP contribution in [0.3, 0.4) is 0 Å². The highest BCUT2D eigenvalue weighted by molar-refractivity contribution is 7.99. The first-order chi connectivity index (χ1) is 14.4. The molecule has 2 aromatic heterocycles. The Morgan fingerprint density at radius 1 is 0.933 bits per heavy atom. The van der Waals surface area contributed by atoms with E-state index < -0.39 is 0 Å². The minimum Gasteiger partial charge on any atom is -0.272 e. The quantitative estimate of drug-likeness (QED) is 0.391. The number of nitrogens with one attached hydrogen (secondary N) is 2. The lowest BCUT2D eigenvalue weighted by molar-refractivity contribution is -0.119. The van der Waals surface area contributed by atoms with Crippen LogP contribution in [0.2, 0.25) is 0 Å². The van der Waals surface area contributed by atoms with Crippen molar-refractivity contribution in [3.8, 4) is 0 Å². The molecule has 0 spiro atoms. The van der Waals surface area contributed by atoms with E-state index in [1.165, 1.54) is 17.3 Å². The van der Waals surface area contributed by atoms with Gasteiger partial charge in [0, 0.05) is 5.56 Å². The Morgan fingerprint density at radius 3 is 2.43 bits per heavy atom. The number of rotatable bonds is 4. The SMILES string of the molecule is Cc1ccc(C(=O)NNC(=O)CSc2nnc3c(C)cc4cc(C)ccc4n23)cc1. The number of amides is 2. The zero-order chi connectivity index (χ0) is 21.3. The summed E-state index contributed by atoms with van der Waals surface area (Å²) in [6.07, 6.45) is 0. The van der Waals surface area contributed by atoms with Gasteiger partial charge < -0.3 is 0 Å². The maximum Gasteiger partial charge on any atom is 0.269 e. The van der Waals surface area contributed by atoms with Crippen LogP contribution in [0.25, 0.3) is 16.6 Å². The minimum atomic E-state index is -0.363. The average Bonchev–Trinajstić information content (AvgIpc) is 3.15. The fourth-order valence-electron chi connectivity index (χ4n) is 3.20. The molecule has 0 aliphatic rings. The van der Waals surface area contributed by atoms with Crippen LogP contribution < -0.4 is 10.9 Å². The molecule has 0 saturated heterocycles. The van der Waals surface area contributed by atoms with E-state index >= 15 is 0 Å². The molecule has 4 rings (SSSR count). The summed E-state index contributed by atoms with van der Waals surface area (Å²) in [5, 5.41) is 10.3. The van der Waals surface area contributed by atoms with Gasteiger partial charge in [-0.15, -0.1) is 10.2 Å². The summed E-state index contributed by atoms with van der Waals surface area (Å²) in [7, 11) is 0. The molecular formula is C22H21N5O2S. The third kappa shape index (κ3) is 3.99. The lowest BCUT2D eigenvalue weighted by Gasteiger charge is -2.09. The molecule has 7 nitrogen and oxygen atoms in total. The van der Waals surface area contributed by atoms with Gasteiger partial charge in [0.25, 0.3) is 5.91 Å². The molecule has 0 saturated carbocycles. The van der Waals surface area contributed by atoms with Crippen molar-refractivity contribution in [2.45, 2.75) is 25.9 Å². The predicted molar refractivity (Wildman–Crippen MR) is 117 cm³/mol. The van der Waals surface area contributed by atoms with Gasteiger partial charge in [-0.05, 0) is 62.1 Å². The van der Waals surface area contributed by atoms with Crippen LogP contribution in [0, 0.1) is 20.8 Å². The van der Waals surface area contributed by atoms with Crippen molar-refractivity contribution in [1.82, 2.24) is 25.4 Å². The molecule has 8 heteroatoms. The first-order valence-electron chi connectivity index (χ1n) is 9.46. The Bertz CT molecular complexity index is 1260. The number of aromatic nitrogens is 3. The Morgan fingerprint density at radius 2 is 1.67 bits per heavy atom. The van der Waals surface area contributed by atoms with E-state index in [0.29, 0.717) is 10.7 Å². The van der Waals surface area contributed by atoms with Crippen LogP contribution in [0.1, 0.15) is 27.0 Å². The Kier molecular flexibility index (Phi) is 5.41. The second-order valence-electron chi connectivity index (χ2n) is 7.19. The molecule has 0 radical (unpaired) electrons. The number of thioether (sulfide) groups is 1. The van der Waals surface area contributed by atoms with Gasteiger partial charge in [0.15, 0.2) is 10.8 Å². The number of hydrazine groups is 1. The number of fused-ring (bicyclic) bond motifs is 3. The van der Waals surface area contributed by atoms with E-state index in [9.17, 15) is 9.59 Å². The summed E-state index contributed by atoms with van der Waals surface area (Å²) in [6.45, 7) is 5.99. The summed E-state index contributed by atoms with van der Waals surface area (Å²) in [5.74, 6) is -0.598.